The van der Waals surface area contributed by atoms with Crippen LogP contribution in [0.15, 0.2) is 23.2 Å². The van der Waals surface area contributed by atoms with E-state index in [0.29, 0.717) is 5.82 Å². The van der Waals surface area contributed by atoms with Crippen LogP contribution in [-0.4, -0.2) is 17.6 Å². The Labute approximate surface area is 88.3 Å². The summed E-state index contributed by atoms with van der Waals surface area (Å²) in [5.41, 5.74) is 5.50. The van der Waals surface area contributed by atoms with Gasteiger partial charge in [-0.25, -0.2) is 4.98 Å². The molecule has 0 fully saturated rings. The summed E-state index contributed by atoms with van der Waals surface area (Å²) in [6.07, 6.45) is 5.14. The van der Waals surface area contributed by atoms with Gasteiger partial charge in [-0.1, -0.05) is 0 Å². The van der Waals surface area contributed by atoms with Crippen LogP contribution >= 0.6 is 35.8 Å². The molecule has 2 N–H and O–H groups in total. The van der Waals surface area contributed by atoms with E-state index in [9.17, 15) is 0 Å². The quantitative estimate of drug-likeness (QED) is 0.592. The number of thioether (sulfide) groups is 1. The predicted molar refractivity (Wildman–Crippen MR) is 59.5 cm³/mol. The number of alkyl halides is 1. The molecule has 2 nitrogen and oxygen atoms in total. The molecule has 0 spiro atoms. The zero-order valence-electron chi connectivity index (χ0n) is 6.95. The molecule has 0 aliphatic carbocycles. The van der Waals surface area contributed by atoms with Crippen molar-refractivity contribution in [2.75, 3.05) is 18.4 Å². The Balaban J connectivity index is 0. The summed E-state index contributed by atoms with van der Waals surface area (Å²) in [5.74, 6) is 0.616. The van der Waals surface area contributed by atoms with Crippen LogP contribution in [-0.2, 0) is 0 Å². The maximum atomic E-state index is 5.50. The minimum absolute atomic E-state index is 0. The third-order valence-electron chi connectivity index (χ3n) is 1.02. The van der Waals surface area contributed by atoms with E-state index in [4.69, 9.17) is 5.73 Å². The maximum absolute atomic E-state index is 5.50. The van der Waals surface area contributed by atoms with Gasteiger partial charge in [-0.3, -0.25) is 0 Å². The van der Waals surface area contributed by atoms with Gasteiger partial charge in [0.2, 0.25) is 0 Å². The molecule has 1 aromatic rings. The zero-order valence-corrected chi connectivity index (χ0v) is 9.34. The lowest BCUT2D eigenvalue weighted by atomic mass is 10.5. The number of rotatable bonds is 1. The number of hydrogen-bond acceptors (Lipinski definition) is 3. The second-order valence-electron chi connectivity index (χ2n) is 1.59. The Morgan fingerprint density at radius 2 is 2.08 bits per heavy atom. The topological polar surface area (TPSA) is 38.9 Å². The Morgan fingerprint density at radius 3 is 2.42 bits per heavy atom. The number of aromatic nitrogens is 1. The van der Waals surface area contributed by atoms with Gasteiger partial charge in [0, 0.05) is 17.5 Å². The average molecular weight is 227 g/mol. The molecule has 0 atom stereocenters. The highest BCUT2D eigenvalue weighted by atomic mass is 35.5. The van der Waals surface area contributed by atoms with Crippen LogP contribution in [0.4, 0.5) is 5.82 Å². The Kier molecular flexibility index (Phi) is 10.8. The maximum Gasteiger partial charge on any atom is 0.137 e. The van der Waals surface area contributed by atoms with Crippen molar-refractivity contribution in [2.24, 2.45) is 0 Å². The van der Waals surface area contributed by atoms with Crippen LogP contribution in [0.2, 0.25) is 0 Å². The fourth-order valence-corrected chi connectivity index (χ4v) is 1.05. The van der Waals surface area contributed by atoms with Crippen molar-refractivity contribution in [2.45, 2.75) is 4.90 Å². The van der Waals surface area contributed by atoms with Gasteiger partial charge in [-0.05, 0) is 18.4 Å². The number of nitrogen functional groups attached to an aromatic ring is 1. The smallest absolute Gasteiger partial charge is 0.137 e. The molecule has 1 aromatic heterocycles. The highest BCUT2D eigenvalue weighted by molar-refractivity contribution is 7.98. The minimum atomic E-state index is 0. The Morgan fingerprint density at radius 1 is 1.50 bits per heavy atom. The van der Waals surface area contributed by atoms with Crippen molar-refractivity contribution < 1.29 is 0 Å². The lowest BCUT2D eigenvalue weighted by Gasteiger charge is -1.96. The second-order valence-corrected chi connectivity index (χ2v) is 2.44. The highest BCUT2D eigenvalue weighted by Crippen LogP contribution is 2.18. The van der Waals surface area contributed by atoms with Gasteiger partial charge in [0.1, 0.15) is 5.82 Å². The number of pyridine rings is 1. The van der Waals surface area contributed by atoms with Gasteiger partial charge in [-0.15, -0.1) is 35.8 Å². The second kappa shape index (κ2) is 8.97. The molecule has 0 radical (unpaired) electrons. The third kappa shape index (κ3) is 4.70. The van der Waals surface area contributed by atoms with Gasteiger partial charge >= 0.3 is 0 Å². The first kappa shape index (κ1) is 14.4. The molecule has 0 aliphatic rings. The molecule has 0 saturated carbocycles. The molecule has 0 aliphatic heterocycles. The first-order valence-electron chi connectivity index (χ1n) is 2.97. The molecule has 0 bridgehead atoms. The molecule has 1 rings (SSSR count). The molecule has 70 valence electrons. The van der Waals surface area contributed by atoms with E-state index in [-0.39, 0.29) is 12.4 Å². The molecule has 0 unspecified atom stereocenters. The van der Waals surface area contributed by atoms with Gasteiger partial charge in [0.25, 0.3) is 0 Å². The van der Waals surface area contributed by atoms with E-state index < -0.39 is 0 Å². The van der Waals surface area contributed by atoms with Crippen LogP contribution in [0.1, 0.15) is 0 Å². The van der Waals surface area contributed by atoms with Crippen LogP contribution in [0.5, 0.6) is 0 Å². The van der Waals surface area contributed by atoms with E-state index in [1.54, 1.807) is 18.0 Å². The van der Waals surface area contributed by atoms with Crippen molar-refractivity contribution in [3.05, 3.63) is 18.3 Å². The van der Waals surface area contributed by atoms with Gasteiger partial charge < -0.3 is 5.73 Å². The molecule has 0 amide bonds. The zero-order chi connectivity index (χ0) is 8.69. The number of nitrogens with zero attached hydrogens (tertiary/aromatic N) is 1. The number of anilines is 1. The molecule has 0 aromatic carbocycles. The van der Waals surface area contributed by atoms with E-state index >= 15 is 0 Å². The standard InChI is InChI=1S/C6H8N2S.CH3Cl.ClH/c1-9-5-3-2-4-8-6(5)7;1-2;/h2-4H,1H3,(H2,7,8);1H3;1H. The molecule has 5 heteroatoms. The first-order chi connectivity index (χ1) is 5.34. The third-order valence-corrected chi connectivity index (χ3v) is 1.80. The van der Waals surface area contributed by atoms with Crippen molar-refractivity contribution >= 4 is 41.6 Å². The van der Waals surface area contributed by atoms with Crippen molar-refractivity contribution in [3.8, 4) is 0 Å². The van der Waals surface area contributed by atoms with Crippen molar-refractivity contribution in [1.29, 1.82) is 0 Å². The first-order valence-corrected chi connectivity index (χ1v) is 4.95. The van der Waals surface area contributed by atoms with E-state index in [0.717, 1.165) is 4.90 Å². The minimum Gasteiger partial charge on any atom is -0.383 e. The Hall–Kier alpha value is -0.120. The van der Waals surface area contributed by atoms with E-state index in [2.05, 4.69) is 16.6 Å². The average Bonchev–Trinajstić information content (AvgIpc) is 2.09. The van der Waals surface area contributed by atoms with E-state index in [1.807, 2.05) is 18.4 Å². The van der Waals surface area contributed by atoms with Gasteiger partial charge in [0.15, 0.2) is 0 Å². The fraction of sp³-hybridized carbons (Fsp3) is 0.286. The van der Waals surface area contributed by atoms with Crippen LogP contribution in [0.25, 0.3) is 0 Å². The van der Waals surface area contributed by atoms with Crippen LogP contribution in [0.3, 0.4) is 0 Å². The lowest BCUT2D eigenvalue weighted by Crippen LogP contribution is -1.90. The molecular weight excluding hydrogens is 215 g/mol. The summed E-state index contributed by atoms with van der Waals surface area (Å²) in [7, 11) is 0. The normalized spacial score (nSPS) is 7.58. The highest BCUT2D eigenvalue weighted by Gasteiger charge is 1.92. The summed E-state index contributed by atoms with van der Waals surface area (Å²) in [6.45, 7) is 0. The number of nitrogens with two attached hydrogens (primary N) is 1. The largest absolute Gasteiger partial charge is 0.383 e. The monoisotopic (exact) mass is 226 g/mol. The SMILES string of the molecule is CCl.CSc1cccnc1N.Cl. The fourth-order valence-electron chi connectivity index (χ4n) is 0.575. The number of halogens is 2. The van der Waals surface area contributed by atoms with E-state index in [1.165, 1.54) is 6.38 Å². The molecule has 1 heterocycles. The number of hydrogen-bond donors (Lipinski definition) is 1. The summed E-state index contributed by atoms with van der Waals surface area (Å²) >= 11 is 6.25. The summed E-state index contributed by atoms with van der Waals surface area (Å²) in [5, 5.41) is 0. The molecule has 0 saturated heterocycles. The summed E-state index contributed by atoms with van der Waals surface area (Å²) in [4.78, 5) is 4.95. The summed E-state index contributed by atoms with van der Waals surface area (Å²) in [6, 6.07) is 3.83. The molecular formula is C7H12Cl2N2S. The predicted octanol–water partition coefficient (Wildman–Crippen LogP) is 2.66. The Bertz CT molecular complexity index is 208. The van der Waals surface area contributed by atoms with Gasteiger partial charge in [0.05, 0.1) is 0 Å². The van der Waals surface area contributed by atoms with Crippen molar-refractivity contribution in [3.63, 3.8) is 0 Å². The van der Waals surface area contributed by atoms with Crippen molar-refractivity contribution in [1.82, 2.24) is 4.98 Å². The van der Waals surface area contributed by atoms with Gasteiger partial charge in [-0.2, -0.15) is 0 Å². The van der Waals surface area contributed by atoms with Crippen LogP contribution in [0, 0.1) is 0 Å². The summed E-state index contributed by atoms with van der Waals surface area (Å²) < 4.78 is 0. The van der Waals surface area contributed by atoms with Crippen LogP contribution < -0.4 is 5.73 Å². The molecule has 12 heavy (non-hydrogen) atoms. The lowest BCUT2D eigenvalue weighted by molar-refractivity contribution is 1.25.